The van der Waals surface area contributed by atoms with Crippen LogP contribution in [0, 0.1) is 10.1 Å². The van der Waals surface area contributed by atoms with E-state index in [0.717, 1.165) is 5.56 Å². The number of ether oxygens (including phenoxy) is 4. The number of phenols is 1. The molecule has 198 valence electrons. The van der Waals surface area contributed by atoms with Crippen molar-refractivity contribution in [2.45, 2.75) is 45.9 Å². The largest absolute Gasteiger partial charge is 0.506 e. The number of phenolic OH excluding ortho intramolecular Hbond substituents is 1. The molecule has 0 bridgehead atoms. The summed E-state index contributed by atoms with van der Waals surface area (Å²) in [5, 5.41) is 40.1. The van der Waals surface area contributed by atoms with E-state index in [9.17, 15) is 20.0 Å². The van der Waals surface area contributed by atoms with Crippen molar-refractivity contribution in [3.63, 3.8) is 0 Å². The standard InChI is InChI=1S/C24H28N4O9/c1-13(2)36-19-11-16(21(28(32)33)22(29)23(19)35-5)10-18-20(14(3)37-24(30)31)25-26-27(18)12-15-6-8-17(34-4)9-7-15/h6-9,11,13-14,29H,10,12H2,1-5H3,(H,30,31). The number of rotatable bonds is 11. The minimum absolute atomic E-state index is 0.0843. The number of aromatic nitrogens is 3. The molecule has 13 nitrogen and oxygen atoms in total. The number of aromatic hydroxyl groups is 1. The minimum Gasteiger partial charge on any atom is -0.499 e. The fraction of sp³-hybridized carbons (Fsp3) is 0.375. The topological polar surface area (TPSA) is 168 Å². The third-order valence-corrected chi connectivity index (χ3v) is 5.40. The van der Waals surface area contributed by atoms with Crippen molar-refractivity contribution in [1.29, 1.82) is 0 Å². The average molecular weight is 517 g/mol. The molecule has 0 saturated carbocycles. The normalized spacial score (nSPS) is 11.7. The monoisotopic (exact) mass is 516 g/mol. The molecule has 2 N–H and O–H groups in total. The van der Waals surface area contributed by atoms with Crippen molar-refractivity contribution < 1.29 is 38.9 Å². The van der Waals surface area contributed by atoms with Crippen molar-refractivity contribution in [3.05, 3.63) is 63.0 Å². The third-order valence-electron chi connectivity index (χ3n) is 5.40. The molecule has 0 fully saturated rings. The molecule has 2 aromatic carbocycles. The number of benzene rings is 2. The Morgan fingerprint density at radius 1 is 1.16 bits per heavy atom. The summed E-state index contributed by atoms with van der Waals surface area (Å²) in [6, 6.07) is 8.58. The molecular weight excluding hydrogens is 488 g/mol. The first kappa shape index (κ1) is 27.0. The molecule has 0 aliphatic carbocycles. The van der Waals surface area contributed by atoms with Crippen LogP contribution in [0.15, 0.2) is 30.3 Å². The molecule has 1 heterocycles. The zero-order chi connectivity index (χ0) is 27.3. The second-order valence-electron chi connectivity index (χ2n) is 8.32. The van der Waals surface area contributed by atoms with Crippen molar-refractivity contribution >= 4 is 11.8 Å². The Hall–Kier alpha value is -4.55. The Morgan fingerprint density at radius 3 is 2.38 bits per heavy atom. The molecule has 1 atom stereocenters. The molecule has 1 aromatic heterocycles. The smallest absolute Gasteiger partial charge is 0.499 e. The van der Waals surface area contributed by atoms with Crippen LogP contribution in [0.25, 0.3) is 0 Å². The van der Waals surface area contributed by atoms with Crippen molar-refractivity contribution in [2.75, 3.05) is 14.2 Å². The molecular formula is C24H28N4O9. The number of hydrogen-bond acceptors (Lipinski definition) is 10. The Bertz CT molecular complexity index is 1270. The molecule has 0 saturated heterocycles. The van der Waals surface area contributed by atoms with E-state index in [0.29, 0.717) is 11.4 Å². The Balaban J connectivity index is 2.15. The summed E-state index contributed by atoms with van der Waals surface area (Å²) in [7, 11) is 2.82. The van der Waals surface area contributed by atoms with Crippen molar-refractivity contribution in [2.24, 2.45) is 0 Å². The second kappa shape index (κ2) is 11.5. The van der Waals surface area contributed by atoms with Gasteiger partial charge in [0.2, 0.25) is 11.5 Å². The molecule has 0 aliphatic heterocycles. The Labute approximate surface area is 212 Å². The predicted octanol–water partition coefficient (Wildman–Crippen LogP) is 4.09. The summed E-state index contributed by atoms with van der Waals surface area (Å²) in [6.45, 7) is 5.22. The van der Waals surface area contributed by atoms with Crippen LogP contribution in [0.4, 0.5) is 10.5 Å². The van der Waals surface area contributed by atoms with Crippen LogP contribution in [0.5, 0.6) is 23.0 Å². The summed E-state index contributed by atoms with van der Waals surface area (Å²) in [6.07, 6.45) is -2.99. The maximum absolute atomic E-state index is 12.0. The number of hydrogen-bond donors (Lipinski definition) is 2. The quantitative estimate of drug-likeness (QED) is 0.214. The lowest BCUT2D eigenvalue weighted by molar-refractivity contribution is -0.386. The molecule has 0 amide bonds. The zero-order valence-electron chi connectivity index (χ0n) is 21.0. The van der Waals surface area contributed by atoms with Crippen LogP contribution < -0.4 is 14.2 Å². The van der Waals surface area contributed by atoms with E-state index in [1.165, 1.54) is 24.8 Å². The molecule has 3 rings (SSSR count). The lowest BCUT2D eigenvalue weighted by Crippen LogP contribution is -2.13. The lowest BCUT2D eigenvalue weighted by Gasteiger charge is -2.17. The summed E-state index contributed by atoms with van der Waals surface area (Å²) < 4.78 is 22.5. The van der Waals surface area contributed by atoms with Gasteiger partial charge in [0, 0.05) is 12.0 Å². The third kappa shape index (κ3) is 6.18. The number of nitrogens with zero attached hydrogens (tertiary/aromatic N) is 4. The van der Waals surface area contributed by atoms with E-state index in [1.54, 1.807) is 33.1 Å². The summed E-state index contributed by atoms with van der Waals surface area (Å²) in [4.78, 5) is 22.4. The van der Waals surface area contributed by atoms with Crippen LogP contribution in [-0.2, 0) is 17.7 Å². The Kier molecular flexibility index (Phi) is 8.37. The van der Waals surface area contributed by atoms with Gasteiger partial charge >= 0.3 is 11.8 Å². The first-order chi connectivity index (χ1) is 17.5. The van der Waals surface area contributed by atoms with E-state index in [-0.39, 0.29) is 41.8 Å². The molecule has 3 aromatic rings. The van der Waals surface area contributed by atoms with Crippen LogP contribution in [0.1, 0.15) is 49.4 Å². The average Bonchev–Trinajstić information content (AvgIpc) is 3.20. The number of nitro benzene ring substituents is 1. The van der Waals surface area contributed by atoms with Crippen LogP contribution in [0.2, 0.25) is 0 Å². The van der Waals surface area contributed by atoms with Gasteiger partial charge in [-0.2, -0.15) is 0 Å². The lowest BCUT2D eigenvalue weighted by atomic mass is 10.0. The highest BCUT2D eigenvalue weighted by Gasteiger charge is 2.31. The van der Waals surface area contributed by atoms with Gasteiger partial charge in [-0.15, -0.1) is 5.10 Å². The predicted molar refractivity (Wildman–Crippen MR) is 130 cm³/mol. The number of nitro groups is 1. The van der Waals surface area contributed by atoms with E-state index >= 15 is 0 Å². The van der Waals surface area contributed by atoms with Gasteiger partial charge in [0.05, 0.1) is 37.5 Å². The Morgan fingerprint density at radius 2 is 1.84 bits per heavy atom. The van der Waals surface area contributed by atoms with Gasteiger partial charge in [-0.05, 0) is 44.5 Å². The van der Waals surface area contributed by atoms with Gasteiger partial charge in [0.15, 0.2) is 5.75 Å². The van der Waals surface area contributed by atoms with E-state index < -0.39 is 28.6 Å². The highest BCUT2D eigenvalue weighted by Crippen LogP contribution is 2.46. The molecule has 0 radical (unpaired) electrons. The van der Waals surface area contributed by atoms with Gasteiger partial charge < -0.3 is 29.2 Å². The van der Waals surface area contributed by atoms with Gasteiger partial charge in [-0.3, -0.25) is 10.1 Å². The molecule has 0 aliphatic rings. The van der Waals surface area contributed by atoms with Crippen molar-refractivity contribution in [1.82, 2.24) is 15.0 Å². The van der Waals surface area contributed by atoms with Crippen molar-refractivity contribution in [3.8, 4) is 23.0 Å². The van der Waals surface area contributed by atoms with Crippen LogP contribution in [-0.4, -0.2) is 56.6 Å². The van der Waals surface area contributed by atoms with Gasteiger partial charge in [0.25, 0.3) is 0 Å². The zero-order valence-corrected chi connectivity index (χ0v) is 21.0. The molecule has 37 heavy (non-hydrogen) atoms. The molecule has 0 spiro atoms. The SMILES string of the molecule is COc1ccc(Cn2nnc(C(C)OC(=O)O)c2Cc2cc(OC(C)C)c(OC)c(O)c2[N+](=O)[O-])cc1. The fourth-order valence-electron chi connectivity index (χ4n) is 3.81. The number of carboxylic acid groups (broad SMARTS) is 1. The van der Waals surface area contributed by atoms with Gasteiger partial charge in [-0.1, -0.05) is 17.3 Å². The molecule has 1 unspecified atom stereocenters. The summed E-state index contributed by atoms with van der Waals surface area (Å²) >= 11 is 0. The maximum Gasteiger partial charge on any atom is 0.506 e. The second-order valence-corrected chi connectivity index (χ2v) is 8.32. The minimum atomic E-state index is -1.51. The van der Waals surface area contributed by atoms with E-state index in [2.05, 4.69) is 10.3 Å². The summed E-state index contributed by atoms with van der Waals surface area (Å²) in [5.74, 6) is -0.0852. The van der Waals surface area contributed by atoms with Crippen LogP contribution >= 0.6 is 0 Å². The van der Waals surface area contributed by atoms with Crippen LogP contribution in [0.3, 0.4) is 0 Å². The first-order valence-electron chi connectivity index (χ1n) is 11.2. The first-order valence-corrected chi connectivity index (χ1v) is 11.2. The van der Waals surface area contributed by atoms with E-state index in [1.807, 2.05) is 12.1 Å². The highest BCUT2D eigenvalue weighted by molar-refractivity contribution is 5.66. The fourth-order valence-corrected chi connectivity index (χ4v) is 3.81. The van der Waals surface area contributed by atoms with Gasteiger partial charge in [-0.25, -0.2) is 9.48 Å². The van der Waals surface area contributed by atoms with E-state index in [4.69, 9.17) is 24.1 Å². The van der Waals surface area contributed by atoms with Gasteiger partial charge in [0.1, 0.15) is 17.5 Å². The molecule has 13 heteroatoms. The number of methoxy groups -OCH3 is 2. The maximum atomic E-state index is 12.0. The number of carbonyl (C=O) groups is 1. The highest BCUT2D eigenvalue weighted by atomic mass is 16.7. The summed E-state index contributed by atoms with van der Waals surface area (Å²) in [5.41, 5.74) is 0.852.